The van der Waals surface area contributed by atoms with Crippen LogP contribution in [0.3, 0.4) is 0 Å². The smallest absolute Gasteiger partial charge is 0.238 e. The molecular formula is C16H25N3O2. The first kappa shape index (κ1) is 15.9. The summed E-state index contributed by atoms with van der Waals surface area (Å²) in [5.41, 5.74) is 2.37. The van der Waals surface area contributed by atoms with Crippen molar-refractivity contribution in [3.05, 3.63) is 35.4 Å². The molecule has 1 aliphatic heterocycles. The van der Waals surface area contributed by atoms with Crippen molar-refractivity contribution in [2.45, 2.75) is 13.1 Å². The molecule has 5 heteroatoms. The van der Waals surface area contributed by atoms with Crippen LogP contribution in [0.2, 0.25) is 0 Å². The van der Waals surface area contributed by atoms with E-state index in [1.165, 1.54) is 5.56 Å². The van der Waals surface area contributed by atoms with Crippen LogP contribution >= 0.6 is 0 Å². The second kappa shape index (κ2) is 7.54. The van der Waals surface area contributed by atoms with E-state index in [9.17, 15) is 4.79 Å². The van der Waals surface area contributed by atoms with Crippen molar-refractivity contribution in [3.63, 3.8) is 0 Å². The van der Waals surface area contributed by atoms with E-state index in [2.05, 4.69) is 42.4 Å². The Hall–Kier alpha value is -1.43. The van der Waals surface area contributed by atoms with Gasteiger partial charge in [-0.3, -0.25) is 10.1 Å². The third-order valence-corrected chi connectivity index (χ3v) is 3.84. The number of methoxy groups -OCH3 is 1. The summed E-state index contributed by atoms with van der Waals surface area (Å²) in [6, 6.07) is 8.32. The number of hydrogen-bond donors (Lipinski definition) is 1. The molecule has 2 rings (SSSR count). The molecule has 1 heterocycles. The van der Waals surface area contributed by atoms with Gasteiger partial charge in [0, 0.05) is 26.7 Å². The Balaban J connectivity index is 1.97. The van der Waals surface area contributed by atoms with Crippen molar-refractivity contribution < 1.29 is 9.53 Å². The molecule has 0 saturated carbocycles. The summed E-state index contributed by atoms with van der Waals surface area (Å²) in [5, 5.41) is 3.30. The molecule has 0 aliphatic carbocycles. The maximum Gasteiger partial charge on any atom is 0.238 e. The highest BCUT2D eigenvalue weighted by Gasteiger charge is 2.31. The van der Waals surface area contributed by atoms with Gasteiger partial charge in [-0.25, -0.2) is 0 Å². The fourth-order valence-corrected chi connectivity index (χ4v) is 2.57. The normalized spacial score (nSPS) is 18.8. The van der Waals surface area contributed by atoms with Crippen molar-refractivity contribution >= 4 is 5.91 Å². The van der Waals surface area contributed by atoms with Crippen LogP contribution in [-0.2, 0) is 9.53 Å². The van der Waals surface area contributed by atoms with E-state index in [4.69, 9.17) is 4.74 Å². The van der Waals surface area contributed by atoms with E-state index in [1.54, 1.807) is 7.11 Å². The highest BCUT2D eigenvalue weighted by Crippen LogP contribution is 2.22. The first-order chi connectivity index (χ1) is 10.1. The van der Waals surface area contributed by atoms with Crippen molar-refractivity contribution in [1.29, 1.82) is 0 Å². The lowest BCUT2D eigenvalue weighted by Gasteiger charge is -2.27. The topological polar surface area (TPSA) is 44.8 Å². The zero-order chi connectivity index (χ0) is 15.2. The number of amides is 1. The summed E-state index contributed by atoms with van der Waals surface area (Å²) in [7, 11) is 3.75. The number of benzene rings is 1. The van der Waals surface area contributed by atoms with Gasteiger partial charge in [0.25, 0.3) is 0 Å². The van der Waals surface area contributed by atoms with Crippen LogP contribution in [0.1, 0.15) is 17.3 Å². The number of ether oxygens (including phenoxy) is 1. The van der Waals surface area contributed by atoms with Gasteiger partial charge in [-0.2, -0.15) is 0 Å². The summed E-state index contributed by atoms with van der Waals surface area (Å²) in [6.45, 7) is 5.65. The molecule has 1 fully saturated rings. The van der Waals surface area contributed by atoms with Crippen LogP contribution in [0, 0.1) is 6.92 Å². The molecule has 1 aromatic carbocycles. The average molecular weight is 291 g/mol. The number of aryl methyl sites for hydroxylation is 1. The number of nitrogens with zero attached hydrogens (tertiary/aromatic N) is 2. The zero-order valence-corrected chi connectivity index (χ0v) is 13.1. The van der Waals surface area contributed by atoms with Crippen molar-refractivity contribution in [2.24, 2.45) is 0 Å². The molecule has 21 heavy (non-hydrogen) atoms. The minimum atomic E-state index is -0.00627. The maximum absolute atomic E-state index is 12.1. The molecule has 0 radical (unpaired) electrons. The molecular weight excluding hydrogens is 266 g/mol. The second-order valence-corrected chi connectivity index (χ2v) is 5.58. The fourth-order valence-electron chi connectivity index (χ4n) is 2.57. The van der Waals surface area contributed by atoms with Gasteiger partial charge >= 0.3 is 0 Å². The minimum absolute atomic E-state index is 0.00627. The van der Waals surface area contributed by atoms with Gasteiger partial charge in [-0.05, 0) is 19.5 Å². The zero-order valence-electron chi connectivity index (χ0n) is 13.1. The summed E-state index contributed by atoms with van der Waals surface area (Å²) in [4.78, 5) is 16.2. The average Bonchev–Trinajstić information content (AvgIpc) is 2.84. The monoisotopic (exact) mass is 291 g/mol. The molecule has 1 aliphatic rings. The third-order valence-electron chi connectivity index (χ3n) is 3.84. The lowest BCUT2D eigenvalue weighted by Crippen LogP contribution is -2.37. The van der Waals surface area contributed by atoms with E-state index in [0.29, 0.717) is 13.2 Å². The summed E-state index contributed by atoms with van der Waals surface area (Å²) in [6.07, 6.45) is -0.00627. The van der Waals surface area contributed by atoms with Crippen LogP contribution in [0.25, 0.3) is 0 Å². The van der Waals surface area contributed by atoms with Crippen molar-refractivity contribution in [2.75, 3.05) is 46.9 Å². The van der Waals surface area contributed by atoms with Gasteiger partial charge in [0.2, 0.25) is 5.91 Å². The van der Waals surface area contributed by atoms with Gasteiger partial charge in [0.05, 0.1) is 13.2 Å². The largest absolute Gasteiger partial charge is 0.383 e. The Kier molecular flexibility index (Phi) is 5.73. The standard InChI is InChI=1S/C16H25N3O2/c1-13-5-4-6-14(11-13)16-17-12-15(20)19(16)8-7-18(2)9-10-21-3/h4-6,11,16-17H,7-10,12H2,1-3H3. The van der Waals surface area contributed by atoms with Crippen LogP contribution < -0.4 is 5.32 Å². The third kappa shape index (κ3) is 4.27. The van der Waals surface area contributed by atoms with E-state index in [0.717, 1.165) is 25.2 Å². The maximum atomic E-state index is 12.1. The van der Waals surface area contributed by atoms with Gasteiger partial charge < -0.3 is 14.5 Å². The fraction of sp³-hybridized carbons (Fsp3) is 0.562. The van der Waals surface area contributed by atoms with E-state index >= 15 is 0 Å². The van der Waals surface area contributed by atoms with Crippen molar-refractivity contribution in [3.8, 4) is 0 Å². The van der Waals surface area contributed by atoms with Crippen LogP contribution in [-0.4, -0.2) is 62.7 Å². The molecule has 0 spiro atoms. The van der Waals surface area contributed by atoms with Crippen LogP contribution in [0.4, 0.5) is 0 Å². The summed E-state index contributed by atoms with van der Waals surface area (Å²) in [5.74, 6) is 0.168. The Labute approximate surface area is 126 Å². The number of rotatable bonds is 7. The first-order valence-electron chi connectivity index (χ1n) is 7.38. The Morgan fingerprint density at radius 2 is 2.24 bits per heavy atom. The minimum Gasteiger partial charge on any atom is -0.383 e. The predicted octanol–water partition coefficient (Wildman–Crippen LogP) is 1.00. The predicted molar refractivity (Wildman–Crippen MR) is 83.0 cm³/mol. The van der Waals surface area contributed by atoms with E-state index in [1.807, 2.05) is 11.0 Å². The Morgan fingerprint density at radius 3 is 2.95 bits per heavy atom. The van der Waals surface area contributed by atoms with E-state index in [-0.39, 0.29) is 12.1 Å². The number of likely N-dealkylation sites (N-methyl/N-ethyl adjacent to an activating group) is 1. The van der Waals surface area contributed by atoms with Gasteiger partial charge in [-0.15, -0.1) is 0 Å². The summed E-state index contributed by atoms with van der Waals surface area (Å²) >= 11 is 0. The number of carbonyl (C=O) groups excluding carboxylic acids is 1. The SMILES string of the molecule is COCCN(C)CCN1C(=O)CNC1c1cccc(C)c1. The van der Waals surface area contributed by atoms with Crippen molar-refractivity contribution in [1.82, 2.24) is 15.1 Å². The highest BCUT2D eigenvalue weighted by atomic mass is 16.5. The number of carbonyl (C=O) groups is 1. The Morgan fingerprint density at radius 1 is 1.43 bits per heavy atom. The van der Waals surface area contributed by atoms with Gasteiger partial charge in [0.1, 0.15) is 6.17 Å². The van der Waals surface area contributed by atoms with Gasteiger partial charge in [-0.1, -0.05) is 29.8 Å². The second-order valence-electron chi connectivity index (χ2n) is 5.58. The molecule has 1 amide bonds. The molecule has 1 N–H and O–H groups in total. The molecule has 0 bridgehead atoms. The Bertz CT molecular complexity index is 478. The van der Waals surface area contributed by atoms with E-state index < -0.39 is 0 Å². The number of hydrogen-bond acceptors (Lipinski definition) is 4. The quantitative estimate of drug-likeness (QED) is 0.814. The lowest BCUT2D eigenvalue weighted by molar-refractivity contribution is -0.128. The first-order valence-corrected chi connectivity index (χ1v) is 7.38. The van der Waals surface area contributed by atoms with Crippen LogP contribution in [0.15, 0.2) is 24.3 Å². The number of nitrogens with one attached hydrogen (secondary N) is 1. The highest BCUT2D eigenvalue weighted by molar-refractivity contribution is 5.81. The molecule has 1 aromatic rings. The van der Waals surface area contributed by atoms with Gasteiger partial charge in [0.15, 0.2) is 0 Å². The lowest BCUT2D eigenvalue weighted by atomic mass is 10.1. The van der Waals surface area contributed by atoms with Crippen LogP contribution in [0.5, 0.6) is 0 Å². The summed E-state index contributed by atoms with van der Waals surface area (Å²) < 4.78 is 5.07. The molecule has 1 atom stereocenters. The molecule has 1 unspecified atom stereocenters. The molecule has 5 nitrogen and oxygen atoms in total. The molecule has 1 saturated heterocycles. The molecule has 0 aromatic heterocycles. The molecule has 116 valence electrons.